The lowest BCUT2D eigenvalue weighted by Gasteiger charge is -2.12. The Bertz CT molecular complexity index is 986. The standard InChI is InChI=1S/C18H15ClN6O/c1-11-6-15(16(26-2)8-14(11)19)23-18-24-17(10-21-25-18)22-13-5-3-4-12(7-13)9-20/h3-8,10H,1-2H3,(H2,22,23,24,25). The highest BCUT2D eigenvalue weighted by molar-refractivity contribution is 6.31. The van der Waals surface area contributed by atoms with Crippen LogP contribution in [0.15, 0.2) is 42.6 Å². The number of rotatable bonds is 5. The molecule has 0 bridgehead atoms. The van der Waals surface area contributed by atoms with Crippen LogP contribution in [0.2, 0.25) is 5.02 Å². The fraction of sp³-hybridized carbons (Fsp3) is 0.111. The van der Waals surface area contributed by atoms with Crippen molar-refractivity contribution >= 4 is 34.7 Å². The third-order valence-corrected chi connectivity index (χ3v) is 3.96. The molecule has 0 aliphatic heterocycles. The number of ether oxygens (including phenoxy) is 1. The summed E-state index contributed by atoms with van der Waals surface area (Å²) in [5.41, 5.74) is 2.86. The van der Waals surface area contributed by atoms with E-state index in [9.17, 15) is 0 Å². The van der Waals surface area contributed by atoms with E-state index in [0.29, 0.717) is 33.8 Å². The van der Waals surface area contributed by atoms with Crippen molar-refractivity contribution in [2.45, 2.75) is 6.92 Å². The molecule has 7 nitrogen and oxygen atoms in total. The first-order chi connectivity index (χ1) is 12.6. The normalized spacial score (nSPS) is 10.1. The molecule has 2 N–H and O–H groups in total. The summed E-state index contributed by atoms with van der Waals surface area (Å²) >= 11 is 6.12. The van der Waals surface area contributed by atoms with E-state index in [1.165, 1.54) is 6.20 Å². The molecule has 0 amide bonds. The van der Waals surface area contributed by atoms with Crippen molar-refractivity contribution in [3.05, 3.63) is 58.7 Å². The average molecular weight is 367 g/mol. The number of benzene rings is 2. The lowest BCUT2D eigenvalue weighted by Crippen LogP contribution is -2.03. The van der Waals surface area contributed by atoms with Crippen molar-refractivity contribution < 1.29 is 4.74 Å². The summed E-state index contributed by atoms with van der Waals surface area (Å²) in [6.45, 7) is 1.90. The van der Waals surface area contributed by atoms with Crippen molar-refractivity contribution in [3.8, 4) is 11.8 Å². The van der Waals surface area contributed by atoms with Crippen molar-refractivity contribution in [2.75, 3.05) is 17.7 Å². The van der Waals surface area contributed by atoms with Crippen LogP contribution in [0.25, 0.3) is 0 Å². The molecule has 26 heavy (non-hydrogen) atoms. The van der Waals surface area contributed by atoms with Crippen LogP contribution in [-0.4, -0.2) is 22.3 Å². The second-order valence-corrected chi connectivity index (χ2v) is 5.82. The molecule has 0 unspecified atom stereocenters. The second kappa shape index (κ2) is 7.68. The van der Waals surface area contributed by atoms with Gasteiger partial charge in [-0.25, -0.2) is 0 Å². The Morgan fingerprint density at radius 2 is 2.04 bits per heavy atom. The Kier molecular flexibility index (Phi) is 5.15. The highest BCUT2D eigenvalue weighted by Gasteiger charge is 2.09. The van der Waals surface area contributed by atoms with E-state index in [2.05, 4.69) is 31.9 Å². The fourth-order valence-corrected chi connectivity index (χ4v) is 2.44. The molecule has 130 valence electrons. The minimum absolute atomic E-state index is 0.298. The quantitative estimate of drug-likeness (QED) is 0.698. The molecule has 8 heteroatoms. The topological polar surface area (TPSA) is 95.8 Å². The van der Waals surface area contributed by atoms with Crippen molar-refractivity contribution in [3.63, 3.8) is 0 Å². The van der Waals surface area contributed by atoms with Gasteiger partial charge in [-0.05, 0) is 36.8 Å². The maximum Gasteiger partial charge on any atom is 0.249 e. The fourth-order valence-electron chi connectivity index (χ4n) is 2.28. The van der Waals surface area contributed by atoms with Crippen molar-refractivity contribution in [1.29, 1.82) is 5.26 Å². The molecule has 0 radical (unpaired) electrons. The summed E-state index contributed by atoms with van der Waals surface area (Å²) in [7, 11) is 1.56. The SMILES string of the molecule is COc1cc(Cl)c(C)cc1Nc1nncc(Nc2cccc(C#N)c2)n1. The minimum atomic E-state index is 0.298. The molecule has 0 fully saturated rings. The predicted molar refractivity (Wildman–Crippen MR) is 100 cm³/mol. The maximum atomic E-state index is 8.98. The number of nitriles is 1. The molecule has 0 aliphatic carbocycles. The molecule has 1 aromatic heterocycles. The molecular formula is C18H15ClN6O. The zero-order valence-electron chi connectivity index (χ0n) is 14.1. The first-order valence-corrected chi connectivity index (χ1v) is 8.05. The molecule has 3 aromatic rings. The summed E-state index contributed by atoms with van der Waals surface area (Å²) in [6.07, 6.45) is 1.49. The smallest absolute Gasteiger partial charge is 0.249 e. The summed E-state index contributed by atoms with van der Waals surface area (Å²) in [5.74, 6) is 1.36. The number of nitrogens with one attached hydrogen (secondary N) is 2. The van der Waals surface area contributed by atoms with Crippen LogP contribution in [0.3, 0.4) is 0 Å². The molecule has 0 saturated carbocycles. The summed E-state index contributed by atoms with van der Waals surface area (Å²) in [6, 6.07) is 12.7. The number of aryl methyl sites for hydroxylation is 1. The Morgan fingerprint density at radius 1 is 1.19 bits per heavy atom. The molecule has 2 aromatic carbocycles. The number of hydrogen-bond donors (Lipinski definition) is 2. The van der Waals surface area contributed by atoms with Crippen LogP contribution >= 0.6 is 11.6 Å². The maximum absolute atomic E-state index is 8.98. The van der Waals surface area contributed by atoms with Crippen LogP contribution in [0.5, 0.6) is 5.75 Å². The van der Waals surface area contributed by atoms with Gasteiger partial charge >= 0.3 is 0 Å². The van der Waals surface area contributed by atoms with E-state index < -0.39 is 0 Å². The van der Waals surface area contributed by atoms with Crippen LogP contribution in [0.4, 0.5) is 23.1 Å². The highest BCUT2D eigenvalue weighted by Crippen LogP contribution is 2.32. The number of methoxy groups -OCH3 is 1. The lowest BCUT2D eigenvalue weighted by atomic mass is 10.2. The molecule has 0 spiro atoms. The third kappa shape index (κ3) is 3.99. The predicted octanol–water partition coefficient (Wildman–Crippen LogP) is 4.20. The summed E-state index contributed by atoms with van der Waals surface area (Å²) in [4.78, 5) is 4.38. The molecule has 3 rings (SSSR count). The van der Waals surface area contributed by atoms with Gasteiger partial charge in [0.1, 0.15) is 5.75 Å². The van der Waals surface area contributed by atoms with Crippen LogP contribution in [0, 0.1) is 18.3 Å². The Morgan fingerprint density at radius 3 is 2.81 bits per heavy atom. The third-order valence-electron chi connectivity index (χ3n) is 3.55. The van der Waals surface area contributed by atoms with Gasteiger partial charge in [0, 0.05) is 16.8 Å². The van der Waals surface area contributed by atoms with Gasteiger partial charge < -0.3 is 15.4 Å². The van der Waals surface area contributed by atoms with Crippen LogP contribution in [-0.2, 0) is 0 Å². The molecule has 0 atom stereocenters. The molecule has 1 heterocycles. The van der Waals surface area contributed by atoms with Gasteiger partial charge in [0.2, 0.25) is 5.95 Å². The Labute approximate surface area is 155 Å². The van der Waals surface area contributed by atoms with Gasteiger partial charge in [-0.1, -0.05) is 17.7 Å². The second-order valence-electron chi connectivity index (χ2n) is 5.41. The first kappa shape index (κ1) is 17.5. The average Bonchev–Trinajstić information content (AvgIpc) is 2.65. The zero-order chi connectivity index (χ0) is 18.5. The minimum Gasteiger partial charge on any atom is -0.495 e. The number of aromatic nitrogens is 3. The summed E-state index contributed by atoms with van der Waals surface area (Å²) < 4.78 is 5.34. The lowest BCUT2D eigenvalue weighted by molar-refractivity contribution is 0.416. The zero-order valence-corrected chi connectivity index (χ0v) is 14.9. The molecule has 0 aliphatic rings. The monoisotopic (exact) mass is 366 g/mol. The number of hydrogen-bond acceptors (Lipinski definition) is 7. The van der Waals surface area contributed by atoms with Crippen molar-refractivity contribution in [2.24, 2.45) is 0 Å². The molecule has 0 saturated heterocycles. The summed E-state index contributed by atoms with van der Waals surface area (Å²) in [5, 5.41) is 23.7. The van der Waals surface area contributed by atoms with E-state index in [-0.39, 0.29) is 0 Å². The first-order valence-electron chi connectivity index (χ1n) is 7.67. The van der Waals surface area contributed by atoms with Crippen LogP contribution < -0.4 is 15.4 Å². The van der Waals surface area contributed by atoms with E-state index in [1.807, 2.05) is 19.1 Å². The van der Waals surface area contributed by atoms with Crippen molar-refractivity contribution in [1.82, 2.24) is 15.2 Å². The van der Waals surface area contributed by atoms with Gasteiger partial charge in [0.25, 0.3) is 0 Å². The van der Waals surface area contributed by atoms with E-state index in [4.69, 9.17) is 21.6 Å². The van der Waals surface area contributed by atoms with Crippen LogP contribution in [0.1, 0.15) is 11.1 Å². The highest BCUT2D eigenvalue weighted by atomic mass is 35.5. The Hall–Kier alpha value is -3.37. The Balaban J connectivity index is 1.84. The number of nitrogens with zero attached hydrogens (tertiary/aromatic N) is 4. The van der Waals surface area contributed by atoms with Gasteiger partial charge in [0.05, 0.1) is 30.6 Å². The number of anilines is 4. The largest absolute Gasteiger partial charge is 0.495 e. The van der Waals surface area contributed by atoms with Gasteiger partial charge in [-0.15, -0.1) is 5.10 Å². The number of halogens is 1. The van der Waals surface area contributed by atoms with E-state index >= 15 is 0 Å². The van der Waals surface area contributed by atoms with E-state index in [1.54, 1.807) is 31.4 Å². The van der Waals surface area contributed by atoms with E-state index in [0.717, 1.165) is 11.3 Å². The van der Waals surface area contributed by atoms with Gasteiger partial charge in [-0.2, -0.15) is 15.3 Å². The van der Waals surface area contributed by atoms with Gasteiger partial charge in [0.15, 0.2) is 5.82 Å². The van der Waals surface area contributed by atoms with Gasteiger partial charge in [-0.3, -0.25) is 0 Å². The molecular weight excluding hydrogens is 352 g/mol.